The second-order valence-electron chi connectivity index (χ2n) is 7.29. The van der Waals surface area contributed by atoms with Crippen molar-refractivity contribution >= 4 is 29.9 Å². The first-order chi connectivity index (χ1) is 11.6. The van der Waals surface area contributed by atoms with Gasteiger partial charge in [-0.15, -0.1) is 12.4 Å². The van der Waals surface area contributed by atoms with Crippen LogP contribution in [0.5, 0.6) is 0 Å². The molecule has 0 aromatic heterocycles. The minimum atomic E-state index is -0.106. The van der Waals surface area contributed by atoms with Gasteiger partial charge in [-0.1, -0.05) is 37.6 Å². The van der Waals surface area contributed by atoms with Crippen LogP contribution in [0.15, 0.2) is 24.3 Å². The summed E-state index contributed by atoms with van der Waals surface area (Å²) in [5.41, 5.74) is 1.04. The summed E-state index contributed by atoms with van der Waals surface area (Å²) in [6.07, 6.45) is 1.09. The number of nitrogens with zero attached hydrogens (tertiary/aromatic N) is 2. The molecule has 3 rings (SSSR count). The third kappa shape index (κ3) is 4.88. The lowest BCUT2D eigenvalue weighted by Crippen LogP contribution is -2.49. The molecule has 4 nitrogen and oxygen atoms in total. The summed E-state index contributed by atoms with van der Waals surface area (Å²) in [5.74, 6) is 0.407. The van der Waals surface area contributed by atoms with Gasteiger partial charge in [0.25, 0.3) is 0 Å². The molecule has 0 saturated carbocycles. The molecular weight excluding hydrogens is 357 g/mol. The van der Waals surface area contributed by atoms with Crippen LogP contribution in [-0.4, -0.2) is 61.0 Å². The maximum atomic E-state index is 13.2. The lowest BCUT2D eigenvalue weighted by atomic mass is 9.87. The number of nitrogens with one attached hydrogen (secondary N) is 1. The molecule has 2 saturated heterocycles. The number of amides is 1. The quantitative estimate of drug-likeness (QED) is 0.864. The molecule has 2 aliphatic heterocycles. The minimum absolute atomic E-state index is 0. The van der Waals surface area contributed by atoms with Crippen molar-refractivity contribution in [2.45, 2.75) is 32.2 Å². The first-order valence-electron chi connectivity index (χ1n) is 9.05. The van der Waals surface area contributed by atoms with Gasteiger partial charge in [0.1, 0.15) is 0 Å². The van der Waals surface area contributed by atoms with Crippen LogP contribution in [0.3, 0.4) is 0 Å². The van der Waals surface area contributed by atoms with Gasteiger partial charge in [-0.05, 0) is 30.0 Å². The topological polar surface area (TPSA) is 35.6 Å². The fourth-order valence-corrected chi connectivity index (χ4v) is 4.20. The summed E-state index contributed by atoms with van der Waals surface area (Å²) in [6.45, 7) is 10.3. The van der Waals surface area contributed by atoms with Crippen molar-refractivity contribution in [2.75, 3.05) is 39.3 Å². The van der Waals surface area contributed by atoms with Crippen LogP contribution in [0.25, 0.3) is 0 Å². The maximum absolute atomic E-state index is 13.2. The summed E-state index contributed by atoms with van der Waals surface area (Å²) >= 11 is 6.15. The molecule has 2 heterocycles. The van der Waals surface area contributed by atoms with E-state index in [1.165, 1.54) is 0 Å². The Morgan fingerprint density at radius 2 is 1.96 bits per heavy atom. The van der Waals surface area contributed by atoms with Gasteiger partial charge in [-0.25, -0.2) is 0 Å². The Bertz CT molecular complexity index is 576. The summed E-state index contributed by atoms with van der Waals surface area (Å²) in [6, 6.07) is 8.28. The van der Waals surface area contributed by atoms with Crippen LogP contribution in [0.1, 0.15) is 31.7 Å². The number of benzene rings is 1. The number of hydrogen-bond donors (Lipinski definition) is 1. The first-order valence-corrected chi connectivity index (χ1v) is 9.43. The molecule has 25 heavy (non-hydrogen) atoms. The molecule has 0 spiro atoms. The lowest BCUT2D eigenvalue weighted by molar-refractivity contribution is -0.133. The van der Waals surface area contributed by atoms with Gasteiger partial charge >= 0.3 is 0 Å². The molecule has 0 radical (unpaired) electrons. The number of likely N-dealkylation sites (tertiary alicyclic amines) is 1. The van der Waals surface area contributed by atoms with Crippen LogP contribution in [0, 0.1) is 5.92 Å². The Morgan fingerprint density at radius 1 is 1.24 bits per heavy atom. The normalized spacial score (nSPS) is 22.7. The highest BCUT2D eigenvalue weighted by atomic mass is 35.5. The Labute approximate surface area is 162 Å². The highest BCUT2D eigenvalue weighted by Gasteiger charge is 2.35. The van der Waals surface area contributed by atoms with E-state index in [1.54, 1.807) is 0 Å². The number of carbonyl (C=O) groups excluding carboxylic acids is 1. The highest BCUT2D eigenvalue weighted by Crippen LogP contribution is 2.30. The van der Waals surface area contributed by atoms with Crippen molar-refractivity contribution in [3.8, 4) is 0 Å². The first kappa shape index (κ1) is 20.5. The van der Waals surface area contributed by atoms with E-state index in [9.17, 15) is 4.79 Å². The van der Waals surface area contributed by atoms with E-state index in [4.69, 9.17) is 11.6 Å². The Balaban J connectivity index is 0.00000225. The fourth-order valence-electron chi connectivity index (χ4n) is 4.00. The second-order valence-corrected chi connectivity index (χ2v) is 7.73. The van der Waals surface area contributed by atoms with Gasteiger partial charge in [0.15, 0.2) is 0 Å². The van der Waals surface area contributed by atoms with E-state index in [-0.39, 0.29) is 30.2 Å². The molecule has 6 heteroatoms. The molecule has 1 aromatic rings. The van der Waals surface area contributed by atoms with Crippen molar-refractivity contribution in [1.29, 1.82) is 0 Å². The molecule has 2 aliphatic rings. The number of rotatable bonds is 4. The summed E-state index contributed by atoms with van der Waals surface area (Å²) in [4.78, 5) is 17.8. The van der Waals surface area contributed by atoms with Gasteiger partial charge in [0.05, 0.1) is 5.92 Å². The predicted molar refractivity (Wildman–Crippen MR) is 106 cm³/mol. The number of piperazine rings is 1. The zero-order valence-corrected chi connectivity index (χ0v) is 16.7. The van der Waals surface area contributed by atoms with Crippen molar-refractivity contribution in [1.82, 2.24) is 15.1 Å². The molecule has 0 bridgehead atoms. The van der Waals surface area contributed by atoms with E-state index in [0.717, 1.165) is 51.3 Å². The maximum Gasteiger partial charge on any atom is 0.230 e. The van der Waals surface area contributed by atoms with Crippen molar-refractivity contribution in [3.05, 3.63) is 34.9 Å². The van der Waals surface area contributed by atoms with Gasteiger partial charge in [0.2, 0.25) is 5.91 Å². The van der Waals surface area contributed by atoms with Crippen molar-refractivity contribution < 1.29 is 4.79 Å². The third-order valence-corrected chi connectivity index (χ3v) is 5.52. The Kier molecular flexibility index (Phi) is 7.56. The van der Waals surface area contributed by atoms with Gasteiger partial charge in [-0.2, -0.15) is 0 Å². The number of halogens is 2. The predicted octanol–water partition coefficient (Wildman–Crippen LogP) is 3.01. The smallest absolute Gasteiger partial charge is 0.230 e. The van der Waals surface area contributed by atoms with Gasteiger partial charge < -0.3 is 10.2 Å². The van der Waals surface area contributed by atoms with Crippen LogP contribution >= 0.6 is 24.0 Å². The average molecular weight is 386 g/mol. The van der Waals surface area contributed by atoms with E-state index in [1.807, 2.05) is 24.3 Å². The molecule has 2 unspecified atom stereocenters. The summed E-state index contributed by atoms with van der Waals surface area (Å²) < 4.78 is 0. The largest absolute Gasteiger partial charge is 0.341 e. The van der Waals surface area contributed by atoms with E-state index in [0.29, 0.717) is 11.1 Å². The van der Waals surface area contributed by atoms with Crippen molar-refractivity contribution in [3.63, 3.8) is 0 Å². The minimum Gasteiger partial charge on any atom is -0.341 e. The average Bonchev–Trinajstić information content (AvgIpc) is 3.05. The summed E-state index contributed by atoms with van der Waals surface area (Å²) in [7, 11) is 0. The molecule has 1 N–H and O–H groups in total. The van der Waals surface area contributed by atoms with E-state index in [2.05, 4.69) is 29.0 Å². The lowest BCUT2D eigenvalue weighted by Gasteiger charge is -2.33. The fraction of sp³-hybridized carbons (Fsp3) is 0.632. The van der Waals surface area contributed by atoms with E-state index < -0.39 is 0 Å². The molecular formula is C19H29Cl2N3O. The highest BCUT2D eigenvalue weighted by molar-refractivity contribution is 6.30. The molecule has 2 atom stereocenters. The van der Waals surface area contributed by atoms with Crippen LogP contribution in [-0.2, 0) is 4.79 Å². The van der Waals surface area contributed by atoms with Crippen LogP contribution in [0.2, 0.25) is 5.02 Å². The monoisotopic (exact) mass is 385 g/mol. The zero-order valence-electron chi connectivity index (χ0n) is 15.1. The third-order valence-electron chi connectivity index (χ3n) is 5.28. The molecule has 1 aromatic carbocycles. The zero-order chi connectivity index (χ0) is 17.1. The SMILES string of the molecule is CC(C)C(C(=O)N1CCC(N2CCNCC2)C1)c1cccc(Cl)c1.Cl. The molecule has 2 fully saturated rings. The molecule has 140 valence electrons. The standard InChI is InChI=1S/C19H28ClN3O.ClH/c1-14(2)18(15-4-3-5-16(20)12-15)19(24)23-9-6-17(13-23)22-10-7-21-8-11-22;/h3-5,12,14,17-18,21H,6-11,13H2,1-2H3;1H. The van der Waals surface area contributed by atoms with Crippen LogP contribution < -0.4 is 5.32 Å². The Morgan fingerprint density at radius 3 is 2.60 bits per heavy atom. The van der Waals surface area contributed by atoms with Crippen molar-refractivity contribution in [2.24, 2.45) is 5.92 Å². The van der Waals surface area contributed by atoms with Gasteiger partial charge in [0, 0.05) is 50.3 Å². The molecule has 0 aliphatic carbocycles. The summed E-state index contributed by atoms with van der Waals surface area (Å²) in [5, 5.41) is 4.10. The number of hydrogen-bond acceptors (Lipinski definition) is 3. The van der Waals surface area contributed by atoms with E-state index >= 15 is 0 Å². The Hall–Kier alpha value is -0.810. The number of carbonyl (C=O) groups is 1. The van der Waals surface area contributed by atoms with Crippen LogP contribution in [0.4, 0.5) is 0 Å². The second kappa shape index (κ2) is 9.22. The molecule has 1 amide bonds. The van der Waals surface area contributed by atoms with Gasteiger partial charge in [-0.3, -0.25) is 9.69 Å².